The van der Waals surface area contributed by atoms with Crippen molar-refractivity contribution in [2.24, 2.45) is 0 Å². The van der Waals surface area contributed by atoms with Gasteiger partial charge in [0.25, 0.3) is 0 Å². The van der Waals surface area contributed by atoms with Crippen LogP contribution in [0.5, 0.6) is 0 Å². The number of benzene rings is 2. The van der Waals surface area contributed by atoms with Crippen molar-refractivity contribution < 1.29 is 9.53 Å². The molecule has 0 radical (unpaired) electrons. The minimum absolute atomic E-state index is 0.234. The van der Waals surface area contributed by atoms with Crippen LogP contribution in [0.25, 0.3) is 5.57 Å². The Morgan fingerprint density at radius 1 is 1.13 bits per heavy atom. The number of esters is 1. The van der Waals surface area contributed by atoms with Crippen molar-refractivity contribution >= 4 is 11.5 Å². The van der Waals surface area contributed by atoms with E-state index in [-0.39, 0.29) is 12.0 Å². The van der Waals surface area contributed by atoms with E-state index in [9.17, 15) is 4.79 Å². The summed E-state index contributed by atoms with van der Waals surface area (Å²) in [5.74, 6) is -0.290. The van der Waals surface area contributed by atoms with Crippen molar-refractivity contribution in [2.45, 2.75) is 18.9 Å². The average molecular weight is 305 g/mol. The van der Waals surface area contributed by atoms with E-state index in [2.05, 4.69) is 29.6 Å². The number of carbonyl (C=O) groups excluding carboxylic acids is 1. The lowest BCUT2D eigenvalue weighted by molar-refractivity contribution is 0.0600. The van der Waals surface area contributed by atoms with Crippen molar-refractivity contribution in [3.63, 3.8) is 0 Å². The number of rotatable bonds is 2. The fourth-order valence-electron chi connectivity index (χ4n) is 3.74. The third-order valence-corrected chi connectivity index (χ3v) is 4.85. The number of hydrogen-bond donors (Lipinski definition) is 1. The molecule has 2 aliphatic rings. The molecule has 0 saturated carbocycles. The molecule has 4 rings (SSSR count). The Morgan fingerprint density at radius 2 is 1.91 bits per heavy atom. The quantitative estimate of drug-likeness (QED) is 0.863. The molecule has 23 heavy (non-hydrogen) atoms. The first-order chi connectivity index (χ1) is 11.3. The minimum atomic E-state index is -0.290. The van der Waals surface area contributed by atoms with Gasteiger partial charge in [-0.05, 0) is 52.8 Å². The highest BCUT2D eigenvalue weighted by Crippen LogP contribution is 2.42. The van der Waals surface area contributed by atoms with Crippen LogP contribution >= 0.6 is 0 Å². The van der Waals surface area contributed by atoms with Gasteiger partial charge in [0.05, 0.1) is 18.7 Å². The SMILES string of the molecule is COC(=O)c1ccc(C2NCCC3=C2Cc2ccccc23)cc1. The lowest BCUT2D eigenvalue weighted by Crippen LogP contribution is -2.28. The summed E-state index contributed by atoms with van der Waals surface area (Å²) in [6.07, 6.45) is 2.10. The third-order valence-electron chi connectivity index (χ3n) is 4.85. The summed E-state index contributed by atoms with van der Waals surface area (Å²) >= 11 is 0. The number of carbonyl (C=O) groups is 1. The van der Waals surface area contributed by atoms with E-state index < -0.39 is 0 Å². The van der Waals surface area contributed by atoms with Crippen molar-refractivity contribution in [1.82, 2.24) is 5.32 Å². The second kappa shape index (κ2) is 5.67. The zero-order valence-corrected chi connectivity index (χ0v) is 13.1. The highest BCUT2D eigenvalue weighted by molar-refractivity contribution is 5.89. The van der Waals surface area contributed by atoms with Gasteiger partial charge in [-0.15, -0.1) is 0 Å². The first kappa shape index (κ1) is 14.2. The van der Waals surface area contributed by atoms with Gasteiger partial charge in [-0.25, -0.2) is 4.79 Å². The summed E-state index contributed by atoms with van der Waals surface area (Å²) in [7, 11) is 1.41. The molecule has 116 valence electrons. The molecule has 0 spiro atoms. The van der Waals surface area contributed by atoms with Crippen LogP contribution in [-0.4, -0.2) is 19.6 Å². The molecular weight excluding hydrogens is 286 g/mol. The lowest BCUT2D eigenvalue weighted by atomic mass is 9.90. The van der Waals surface area contributed by atoms with E-state index in [1.54, 1.807) is 0 Å². The normalized spacial score (nSPS) is 19.3. The number of fused-ring (bicyclic) bond motifs is 2. The van der Waals surface area contributed by atoms with Gasteiger partial charge in [-0.2, -0.15) is 0 Å². The van der Waals surface area contributed by atoms with Gasteiger partial charge in [0, 0.05) is 6.54 Å². The minimum Gasteiger partial charge on any atom is -0.465 e. The van der Waals surface area contributed by atoms with Crippen LogP contribution in [0.15, 0.2) is 54.1 Å². The first-order valence-electron chi connectivity index (χ1n) is 8.00. The Morgan fingerprint density at radius 3 is 2.70 bits per heavy atom. The van der Waals surface area contributed by atoms with Crippen molar-refractivity contribution in [3.8, 4) is 0 Å². The summed E-state index contributed by atoms with van der Waals surface area (Å²) in [5.41, 5.74) is 7.62. The second-order valence-electron chi connectivity index (χ2n) is 6.09. The maximum atomic E-state index is 11.6. The lowest BCUT2D eigenvalue weighted by Gasteiger charge is -2.27. The number of ether oxygens (including phenoxy) is 1. The van der Waals surface area contributed by atoms with E-state index >= 15 is 0 Å². The largest absolute Gasteiger partial charge is 0.465 e. The molecule has 0 aromatic heterocycles. The van der Waals surface area contributed by atoms with Gasteiger partial charge in [0.2, 0.25) is 0 Å². The van der Waals surface area contributed by atoms with Crippen LogP contribution in [0.2, 0.25) is 0 Å². The molecule has 3 heteroatoms. The molecule has 1 heterocycles. The van der Waals surface area contributed by atoms with Crippen LogP contribution in [0.4, 0.5) is 0 Å². The van der Waals surface area contributed by atoms with E-state index in [1.807, 2.05) is 24.3 Å². The van der Waals surface area contributed by atoms with Gasteiger partial charge in [-0.1, -0.05) is 36.4 Å². The number of nitrogens with one attached hydrogen (secondary N) is 1. The van der Waals surface area contributed by atoms with Crippen LogP contribution in [0.1, 0.15) is 39.5 Å². The molecule has 1 aliphatic carbocycles. The standard InChI is InChI=1S/C20H19NO2/c1-23-20(22)14-8-6-13(7-9-14)19-18-12-15-4-2-3-5-16(15)17(18)10-11-21-19/h2-9,19,21H,10-12H2,1H3. The van der Waals surface area contributed by atoms with Crippen molar-refractivity contribution in [2.75, 3.05) is 13.7 Å². The first-order valence-corrected chi connectivity index (χ1v) is 8.00. The molecule has 0 saturated heterocycles. The summed E-state index contributed by atoms with van der Waals surface area (Å²) in [6, 6.07) is 16.7. The van der Waals surface area contributed by atoms with Crippen LogP contribution < -0.4 is 5.32 Å². The Hall–Kier alpha value is -2.39. The molecular formula is C20H19NO2. The summed E-state index contributed by atoms with van der Waals surface area (Å²) in [6.45, 7) is 0.983. The Kier molecular flexibility index (Phi) is 3.50. The molecule has 2 aromatic rings. The number of hydrogen-bond acceptors (Lipinski definition) is 3. The maximum Gasteiger partial charge on any atom is 0.337 e. The molecule has 0 amide bonds. The third kappa shape index (κ3) is 2.37. The monoisotopic (exact) mass is 305 g/mol. The molecule has 0 fully saturated rings. The molecule has 1 aliphatic heterocycles. The maximum absolute atomic E-state index is 11.6. The molecule has 1 atom stereocenters. The fourth-order valence-corrected chi connectivity index (χ4v) is 3.74. The molecule has 0 bridgehead atoms. The van der Waals surface area contributed by atoms with E-state index in [0.29, 0.717) is 5.56 Å². The Balaban J connectivity index is 1.68. The van der Waals surface area contributed by atoms with Gasteiger partial charge in [0.15, 0.2) is 0 Å². The highest BCUT2D eigenvalue weighted by Gasteiger charge is 2.30. The predicted octanol–water partition coefficient (Wildman–Crippen LogP) is 3.52. The van der Waals surface area contributed by atoms with Gasteiger partial charge < -0.3 is 10.1 Å². The predicted molar refractivity (Wildman–Crippen MR) is 90.2 cm³/mol. The van der Waals surface area contributed by atoms with E-state index in [1.165, 1.54) is 34.9 Å². The molecule has 2 aromatic carbocycles. The van der Waals surface area contributed by atoms with Crippen molar-refractivity contribution in [1.29, 1.82) is 0 Å². The average Bonchev–Trinajstić information content (AvgIpc) is 3.00. The number of methoxy groups -OCH3 is 1. The summed E-state index contributed by atoms with van der Waals surface area (Å²) < 4.78 is 4.77. The summed E-state index contributed by atoms with van der Waals surface area (Å²) in [4.78, 5) is 11.6. The van der Waals surface area contributed by atoms with Crippen LogP contribution in [0, 0.1) is 0 Å². The molecule has 3 nitrogen and oxygen atoms in total. The van der Waals surface area contributed by atoms with E-state index in [4.69, 9.17) is 4.74 Å². The van der Waals surface area contributed by atoms with Gasteiger partial charge in [-0.3, -0.25) is 0 Å². The smallest absolute Gasteiger partial charge is 0.337 e. The Labute approximate surface area is 136 Å². The summed E-state index contributed by atoms with van der Waals surface area (Å²) in [5, 5.41) is 3.63. The zero-order chi connectivity index (χ0) is 15.8. The molecule has 1 unspecified atom stereocenters. The zero-order valence-electron chi connectivity index (χ0n) is 13.1. The van der Waals surface area contributed by atoms with Crippen LogP contribution in [0.3, 0.4) is 0 Å². The second-order valence-corrected chi connectivity index (χ2v) is 6.09. The van der Waals surface area contributed by atoms with Crippen LogP contribution in [-0.2, 0) is 11.2 Å². The topological polar surface area (TPSA) is 38.3 Å². The fraction of sp³-hybridized carbons (Fsp3) is 0.250. The molecule has 1 N–H and O–H groups in total. The Bertz CT molecular complexity index is 790. The highest BCUT2D eigenvalue weighted by atomic mass is 16.5. The van der Waals surface area contributed by atoms with Gasteiger partial charge in [0.1, 0.15) is 0 Å². The van der Waals surface area contributed by atoms with Gasteiger partial charge >= 0.3 is 5.97 Å². The van der Waals surface area contributed by atoms with Crippen molar-refractivity contribution in [3.05, 3.63) is 76.4 Å². The van der Waals surface area contributed by atoms with E-state index in [0.717, 1.165) is 19.4 Å².